The van der Waals surface area contributed by atoms with Gasteiger partial charge in [-0.3, -0.25) is 0 Å². The maximum Gasteiger partial charge on any atom is 1.00 e. The van der Waals surface area contributed by atoms with Crippen LogP contribution in [0.3, 0.4) is 0 Å². The van der Waals surface area contributed by atoms with Crippen molar-refractivity contribution in [3.8, 4) is 0 Å². The Balaban J connectivity index is 0. The van der Waals surface area contributed by atoms with Crippen molar-refractivity contribution in [3.05, 3.63) is 48.6 Å². The smallest absolute Gasteiger partial charge is 1.00 e. The first-order valence-corrected chi connectivity index (χ1v) is 4.03. The van der Waals surface area contributed by atoms with E-state index in [-0.39, 0.29) is 20.3 Å². The van der Waals surface area contributed by atoms with Crippen LogP contribution in [-0.2, 0) is 0 Å². The summed E-state index contributed by atoms with van der Waals surface area (Å²) in [5.74, 6) is 0. The van der Waals surface area contributed by atoms with E-state index in [2.05, 4.69) is 25.3 Å². The van der Waals surface area contributed by atoms with E-state index < -0.39 is 0 Å². The average molecular weight is 166 g/mol. The van der Waals surface area contributed by atoms with E-state index in [1.165, 1.54) is 11.1 Å². The Morgan fingerprint density at radius 3 is 1.54 bits per heavy atom. The second-order valence-corrected chi connectivity index (χ2v) is 3.11. The van der Waals surface area contributed by atoms with Gasteiger partial charge in [-0.05, 0) is 25.0 Å². The second kappa shape index (κ2) is 5.12. The molecular formula is C12H15Li. The first-order chi connectivity index (χ1) is 5.63. The predicted octanol–water partition coefficient (Wildman–Crippen LogP) is 0.869. The van der Waals surface area contributed by atoms with E-state index >= 15 is 0 Å². The Morgan fingerprint density at radius 1 is 1.00 bits per heavy atom. The summed E-state index contributed by atoms with van der Waals surface area (Å²) in [6.07, 6.45) is 0. The summed E-state index contributed by atoms with van der Waals surface area (Å²) < 4.78 is 0. The molecule has 1 aromatic carbocycles. The van der Waals surface area contributed by atoms with Gasteiger partial charge >= 0.3 is 18.9 Å². The molecule has 0 atom stereocenters. The molecule has 0 saturated carbocycles. The van der Waals surface area contributed by atoms with Gasteiger partial charge in [-0.25, -0.2) is 0 Å². The van der Waals surface area contributed by atoms with Crippen LogP contribution in [0.15, 0.2) is 37.4 Å². The summed E-state index contributed by atoms with van der Waals surface area (Å²) >= 11 is 0. The standard InChI is InChI=1S/C12H14.Li.H/c1-9(2)11-7-5-6-8-12(11)10(3)4;;/h5-8H,1,3H2,2,4H3;;/q;+1;-1. The quantitative estimate of drug-likeness (QED) is 0.572. The first-order valence-electron chi connectivity index (χ1n) is 4.03. The molecule has 0 saturated heterocycles. The van der Waals surface area contributed by atoms with Crippen molar-refractivity contribution in [2.75, 3.05) is 0 Å². The molecule has 0 unspecified atom stereocenters. The molecule has 0 aliphatic carbocycles. The molecule has 0 nitrogen and oxygen atoms in total. The Kier molecular flexibility index (Phi) is 4.84. The molecule has 1 heteroatoms. The van der Waals surface area contributed by atoms with E-state index in [9.17, 15) is 0 Å². The third-order valence-corrected chi connectivity index (χ3v) is 1.85. The molecule has 0 heterocycles. The van der Waals surface area contributed by atoms with Gasteiger partial charge in [0.25, 0.3) is 0 Å². The third kappa shape index (κ3) is 2.92. The van der Waals surface area contributed by atoms with E-state index in [0.717, 1.165) is 11.1 Å². The van der Waals surface area contributed by atoms with Crippen LogP contribution in [0.25, 0.3) is 11.1 Å². The van der Waals surface area contributed by atoms with Gasteiger partial charge in [0.15, 0.2) is 0 Å². The average Bonchev–Trinajstić information content (AvgIpc) is 2.04. The van der Waals surface area contributed by atoms with Crippen LogP contribution in [0.1, 0.15) is 26.4 Å². The number of hydrogen-bond donors (Lipinski definition) is 0. The van der Waals surface area contributed by atoms with Crippen molar-refractivity contribution in [2.45, 2.75) is 13.8 Å². The van der Waals surface area contributed by atoms with Crippen molar-refractivity contribution in [1.82, 2.24) is 0 Å². The van der Waals surface area contributed by atoms with Crippen LogP contribution >= 0.6 is 0 Å². The summed E-state index contributed by atoms with van der Waals surface area (Å²) in [5.41, 5.74) is 4.58. The maximum atomic E-state index is 3.93. The van der Waals surface area contributed by atoms with Crippen molar-refractivity contribution in [2.24, 2.45) is 0 Å². The largest absolute Gasteiger partial charge is 1.00 e. The molecule has 0 aliphatic rings. The predicted molar refractivity (Wildman–Crippen MR) is 57.0 cm³/mol. The van der Waals surface area contributed by atoms with Gasteiger partial charge in [-0.1, -0.05) is 48.6 Å². The third-order valence-electron chi connectivity index (χ3n) is 1.85. The van der Waals surface area contributed by atoms with Crippen LogP contribution in [0.5, 0.6) is 0 Å². The van der Waals surface area contributed by atoms with Crippen molar-refractivity contribution >= 4 is 11.1 Å². The zero-order valence-electron chi connectivity index (χ0n) is 9.72. The second-order valence-electron chi connectivity index (χ2n) is 3.11. The number of rotatable bonds is 2. The van der Waals surface area contributed by atoms with Gasteiger partial charge in [-0.15, -0.1) is 0 Å². The minimum absolute atomic E-state index is 0. The Labute approximate surface area is 94.0 Å². The monoisotopic (exact) mass is 166 g/mol. The van der Waals surface area contributed by atoms with Gasteiger partial charge in [0.05, 0.1) is 0 Å². The fourth-order valence-electron chi connectivity index (χ4n) is 1.23. The molecule has 0 aliphatic heterocycles. The molecule has 0 radical (unpaired) electrons. The van der Waals surface area contributed by atoms with E-state index in [0.29, 0.717) is 0 Å². The molecule has 0 bridgehead atoms. The molecule has 0 spiro atoms. The molecule has 1 aromatic rings. The van der Waals surface area contributed by atoms with Crippen molar-refractivity contribution in [1.29, 1.82) is 0 Å². The molecule has 0 aromatic heterocycles. The minimum atomic E-state index is 0. The molecule has 64 valence electrons. The topological polar surface area (TPSA) is 0 Å². The van der Waals surface area contributed by atoms with Gasteiger partial charge < -0.3 is 1.43 Å². The van der Waals surface area contributed by atoms with Gasteiger partial charge in [0.1, 0.15) is 0 Å². The molecular weight excluding hydrogens is 151 g/mol. The van der Waals surface area contributed by atoms with Crippen molar-refractivity contribution < 1.29 is 20.3 Å². The number of benzene rings is 1. The number of allylic oxidation sites excluding steroid dienone is 2. The van der Waals surface area contributed by atoms with E-state index in [1.54, 1.807) is 0 Å². The summed E-state index contributed by atoms with van der Waals surface area (Å²) in [6, 6.07) is 8.20. The fraction of sp³-hybridized carbons (Fsp3) is 0.167. The van der Waals surface area contributed by atoms with Gasteiger partial charge in [-0.2, -0.15) is 0 Å². The zero-order chi connectivity index (χ0) is 9.14. The van der Waals surface area contributed by atoms with E-state index in [1.807, 2.05) is 26.0 Å². The molecule has 0 amide bonds. The summed E-state index contributed by atoms with van der Waals surface area (Å²) in [7, 11) is 0. The van der Waals surface area contributed by atoms with Crippen LogP contribution in [0.2, 0.25) is 0 Å². The van der Waals surface area contributed by atoms with Crippen LogP contribution in [0.4, 0.5) is 0 Å². The SMILES string of the molecule is C=C(C)c1ccccc1C(=C)C.[H-].[Li+]. The van der Waals surface area contributed by atoms with Crippen molar-refractivity contribution in [3.63, 3.8) is 0 Å². The fourth-order valence-corrected chi connectivity index (χ4v) is 1.23. The van der Waals surface area contributed by atoms with Crippen LogP contribution in [-0.4, -0.2) is 0 Å². The maximum absolute atomic E-state index is 3.93. The zero-order valence-corrected chi connectivity index (χ0v) is 8.72. The van der Waals surface area contributed by atoms with Gasteiger partial charge in [0.2, 0.25) is 0 Å². The molecule has 0 N–H and O–H groups in total. The summed E-state index contributed by atoms with van der Waals surface area (Å²) in [4.78, 5) is 0. The number of hydrogen-bond acceptors (Lipinski definition) is 0. The minimum Gasteiger partial charge on any atom is -1.00 e. The first kappa shape index (κ1) is 12.3. The Hall–Kier alpha value is -0.703. The Morgan fingerprint density at radius 2 is 1.31 bits per heavy atom. The molecule has 13 heavy (non-hydrogen) atoms. The molecule has 1 rings (SSSR count). The summed E-state index contributed by atoms with van der Waals surface area (Å²) in [5, 5.41) is 0. The van der Waals surface area contributed by atoms with Crippen LogP contribution in [0, 0.1) is 0 Å². The molecule has 0 fully saturated rings. The summed E-state index contributed by atoms with van der Waals surface area (Å²) in [6.45, 7) is 11.9. The Bertz CT molecular complexity index is 296. The van der Waals surface area contributed by atoms with Gasteiger partial charge in [0, 0.05) is 0 Å². The van der Waals surface area contributed by atoms with E-state index in [4.69, 9.17) is 0 Å². The van der Waals surface area contributed by atoms with Crippen LogP contribution < -0.4 is 18.9 Å². The normalized spacial score (nSPS) is 8.77.